The molecule has 2 N–H and O–H groups in total. The van der Waals surface area contributed by atoms with Crippen LogP contribution in [0.1, 0.15) is 19.3 Å². The molecule has 0 saturated heterocycles. The minimum atomic E-state index is -4.12. The molecule has 0 atom stereocenters. The third kappa shape index (κ3) is 9.77. The second-order valence-corrected chi connectivity index (χ2v) is 2.34. The molecule has 66 valence electrons. The first-order chi connectivity index (χ1) is 4.92. The van der Waals surface area contributed by atoms with E-state index in [0.717, 1.165) is 0 Å². The molecule has 0 aliphatic rings. The summed E-state index contributed by atoms with van der Waals surface area (Å²) in [6.45, 7) is 0. The van der Waals surface area contributed by atoms with Gasteiger partial charge in [0, 0.05) is 6.42 Å². The Bertz CT molecular complexity index is 104. The molecule has 0 aromatic heterocycles. The summed E-state index contributed by atoms with van der Waals surface area (Å²) in [7, 11) is -1.48. The first kappa shape index (κ1) is 10.8. The van der Waals surface area contributed by atoms with Gasteiger partial charge in [-0.25, -0.2) is 0 Å². The van der Waals surface area contributed by atoms with E-state index in [1.807, 2.05) is 0 Å². The van der Waals surface area contributed by atoms with Crippen LogP contribution in [0.2, 0.25) is 6.32 Å². The third-order valence-corrected chi connectivity index (χ3v) is 1.17. The maximum atomic E-state index is 11.5. The lowest BCUT2D eigenvalue weighted by Crippen LogP contribution is -2.11. The summed E-state index contributed by atoms with van der Waals surface area (Å²) < 4.78 is 34.4. The molecule has 0 rings (SSSR count). The highest BCUT2D eigenvalue weighted by Crippen LogP contribution is 2.22. The lowest BCUT2D eigenvalue weighted by Gasteiger charge is -2.04. The Morgan fingerprint density at radius 2 is 1.64 bits per heavy atom. The summed E-state index contributed by atoms with van der Waals surface area (Å²) in [5.41, 5.74) is 0. The van der Waals surface area contributed by atoms with Crippen LogP contribution < -0.4 is 0 Å². The van der Waals surface area contributed by atoms with Crippen molar-refractivity contribution in [3.8, 4) is 0 Å². The van der Waals surface area contributed by atoms with E-state index in [0.29, 0.717) is 0 Å². The van der Waals surface area contributed by atoms with Gasteiger partial charge in [0.2, 0.25) is 0 Å². The Balaban J connectivity index is 3.15. The van der Waals surface area contributed by atoms with Crippen LogP contribution in [0.5, 0.6) is 0 Å². The highest BCUT2D eigenvalue weighted by molar-refractivity contribution is 6.40. The molecular formula is C5H10BF3O2. The molecule has 2 nitrogen and oxygen atoms in total. The van der Waals surface area contributed by atoms with Gasteiger partial charge in [0.25, 0.3) is 0 Å². The molecule has 0 saturated carbocycles. The van der Waals surface area contributed by atoms with Gasteiger partial charge >= 0.3 is 13.3 Å². The van der Waals surface area contributed by atoms with E-state index in [9.17, 15) is 13.2 Å². The number of alkyl halides is 3. The SMILES string of the molecule is OB(O)CCCCC(F)(F)F. The predicted octanol–water partition coefficient (Wildman–Crippen LogP) is 1.19. The van der Waals surface area contributed by atoms with Crippen molar-refractivity contribution in [1.82, 2.24) is 0 Å². The van der Waals surface area contributed by atoms with Gasteiger partial charge in [-0.2, -0.15) is 13.2 Å². The Morgan fingerprint density at radius 3 is 2.00 bits per heavy atom. The monoisotopic (exact) mass is 170 g/mol. The molecule has 0 aliphatic heterocycles. The van der Waals surface area contributed by atoms with Crippen molar-refractivity contribution >= 4 is 7.12 Å². The van der Waals surface area contributed by atoms with Gasteiger partial charge in [0.05, 0.1) is 0 Å². The average molecular weight is 170 g/mol. The molecule has 0 aliphatic carbocycles. The first-order valence-corrected chi connectivity index (χ1v) is 3.35. The van der Waals surface area contributed by atoms with Crippen molar-refractivity contribution in [2.75, 3.05) is 0 Å². The van der Waals surface area contributed by atoms with Crippen LogP contribution >= 0.6 is 0 Å². The van der Waals surface area contributed by atoms with Gasteiger partial charge in [-0.15, -0.1) is 0 Å². The quantitative estimate of drug-likeness (QED) is 0.491. The molecule has 0 spiro atoms. The van der Waals surface area contributed by atoms with Gasteiger partial charge < -0.3 is 10.0 Å². The zero-order valence-corrected chi connectivity index (χ0v) is 5.93. The van der Waals surface area contributed by atoms with Crippen molar-refractivity contribution in [3.05, 3.63) is 0 Å². The number of rotatable bonds is 4. The maximum Gasteiger partial charge on any atom is 0.451 e. The molecule has 0 aromatic carbocycles. The fourth-order valence-corrected chi connectivity index (χ4v) is 0.652. The Labute approximate surface area is 63.2 Å². The van der Waals surface area contributed by atoms with E-state index in [1.165, 1.54) is 0 Å². The predicted molar refractivity (Wildman–Crippen MR) is 34.9 cm³/mol. The van der Waals surface area contributed by atoms with Crippen LogP contribution in [0.25, 0.3) is 0 Å². The van der Waals surface area contributed by atoms with Gasteiger partial charge in [0.15, 0.2) is 0 Å². The van der Waals surface area contributed by atoms with E-state index < -0.39 is 19.7 Å². The highest BCUT2D eigenvalue weighted by Gasteiger charge is 2.26. The van der Waals surface area contributed by atoms with Gasteiger partial charge in [-0.05, 0) is 12.7 Å². The number of unbranched alkanes of at least 4 members (excludes halogenated alkanes) is 1. The Morgan fingerprint density at radius 1 is 1.09 bits per heavy atom. The number of hydrogen-bond donors (Lipinski definition) is 2. The summed E-state index contributed by atoms with van der Waals surface area (Å²) in [6, 6.07) is 0. The minimum absolute atomic E-state index is 0.0100. The van der Waals surface area contributed by atoms with E-state index in [-0.39, 0.29) is 19.2 Å². The summed E-state index contributed by atoms with van der Waals surface area (Å²) in [4.78, 5) is 0. The molecule has 0 amide bonds. The Kier molecular flexibility index (Phi) is 4.52. The molecule has 0 aromatic rings. The highest BCUT2D eigenvalue weighted by atomic mass is 19.4. The second kappa shape index (κ2) is 4.61. The fraction of sp³-hybridized carbons (Fsp3) is 1.00. The largest absolute Gasteiger partial charge is 0.451 e. The van der Waals surface area contributed by atoms with Crippen molar-refractivity contribution < 1.29 is 23.2 Å². The van der Waals surface area contributed by atoms with Gasteiger partial charge in [-0.3, -0.25) is 0 Å². The second-order valence-electron chi connectivity index (χ2n) is 2.34. The molecular weight excluding hydrogens is 160 g/mol. The van der Waals surface area contributed by atoms with Crippen LogP contribution in [0.3, 0.4) is 0 Å². The smallest absolute Gasteiger partial charge is 0.427 e. The lowest BCUT2D eigenvalue weighted by molar-refractivity contribution is -0.135. The summed E-state index contributed by atoms with van der Waals surface area (Å²) in [6.07, 6.45) is -4.81. The van der Waals surface area contributed by atoms with Gasteiger partial charge in [0.1, 0.15) is 0 Å². The van der Waals surface area contributed by atoms with Crippen molar-refractivity contribution in [1.29, 1.82) is 0 Å². The Hall–Kier alpha value is -0.225. The molecule has 0 fully saturated rings. The zero-order chi connectivity index (χ0) is 8.91. The topological polar surface area (TPSA) is 40.5 Å². The molecule has 11 heavy (non-hydrogen) atoms. The summed E-state index contributed by atoms with van der Waals surface area (Å²) in [5, 5.41) is 16.5. The van der Waals surface area contributed by atoms with Crippen molar-refractivity contribution in [2.24, 2.45) is 0 Å². The zero-order valence-electron chi connectivity index (χ0n) is 5.93. The number of halogens is 3. The lowest BCUT2D eigenvalue weighted by atomic mass is 9.83. The van der Waals surface area contributed by atoms with E-state index in [1.54, 1.807) is 0 Å². The van der Waals surface area contributed by atoms with Crippen LogP contribution in [-0.4, -0.2) is 23.3 Å². The van der Waals surface area contributed by atoms with Crippen molar-refractivity contribution in [2.45, 2.75) is 31.8 Å². The normalized spacial score (nSPS) is 11.7. The minimum Gasteiger partial charge on any atom is -0.427 e. The average Bonchev–Trinajstić information content (AvgIpc) is 1.78. The molecule has 0 unspecified atom stereocenters. The maximum absolute atomic E-state index is 11.5. The van der Waals surface area contributed by atoms with E-state index >= 15 is 0 Å². The molecule has 0 heterocycles. The van der Waals surface area contributed by atoms with Crippen molar-refractivity contribution in [3.63, 3.8) is 0 Å². The molecule has 0 bridgehead atoms. The van der Waals surface area contributed by atoms with Crippen LogP contribution in [-0.2, 0) is 0 Å². The summed E-state index contributed by atoms with van der Waals surface area (Å²) >= 11 is 0. The van der Waals surface area contributed by atoms with E-state index in [2.05, 4.69) is 0 Å². The third-order valence-electron chi connectivity index (χ3n) is 1.17. The van der Waals surface area contributed by atoms with Crippen LogP contribution in [0, 0.1) is 0 Å². The molecule has 0 radical (unpaired) electrons. The standard InChI is InChI=1S/C5H10BF3O2/c7-5(8,9)3-1-2-4-6(10)11/h10-11H,1-4H2. The van der Waals surface area contributed by atoms with E-state index in [4.69, 9.17) is 10.0 Å². The first-order valence-electron chi connectivity index (χ1n) is 3.35. The number of hydrogen-bond acceptors (Lipinski definition) is 2. The fourth-order valence-electron chi connectivity index (χ4n) is 0.652. The van der Waals surface area contributed by atoms with Gasteiger partial charge in [-0.1, -0.05) is 6.42 Å². The molecule has 6 heteroatoms. The summed E-state index contributed by atoms with van der Waals surface area (Å²) in [5.74, 6) is 0. The van der Waals surface area contributed by atoms with Crippen LogP contribution in [0.4, 0.5) is 13.2 Å². The van der Waals surface area contributed by atoms with Crippen LogP contribution in [0.15, 0.2) is 0 Å².